The Morgan fingerprint density at radius 2 is 1.78 bits per heavy atom. The number of hydrogen-bond acceptors (Lipinski definition) is 5. The summed E-state index contributed by atoms with van der Waals surface area (Å²) in [6, 6.07) is 6.90. The van der Waals surface area contributed by atoms with Gasteiger partial charge in [-0.1, -0.05) is 25.5 Å². The standard InChI is InChI=1S/C28H42N4O4/c1-19(2)26-16-23(17-27(34)29-9-10-32-11-13-36-14-12-32)20(3)15-24(26)18-30-28(35)22-5-7-25(8-6-22)31-21(4)33/h5-8,15,19,23-24,26H,9-14,16-18H2,1-4H3,(H,29,34)(H,30,35)(H,31,33). The number of benzene rings is 1. The molecule has 0 saturated carbocycles. The van der Waals surface area contributed by atoms with Crippen LogP contribution in [0.4, 0.5) is 5.69 Å². The number of carbonyl (C=O) groups excluding carboxylic acids is 3. The van der Waals surface area contributed by atoms with E-state index in [1.54, 1.807) is 24.3 Å². The molecule has 0 bridgehead atoms. The van der Waals surface area contributed by atoms with Crippen molar-refractivity contribution in [1.29, 1.82) is 0 Å². The van der Waals surface area contributed by atoms with Gasteiger partial charge in [0.1, 0.15) is 0 Å². The molecule has 3 rings (SSSR count). The van der Waals surface area contributed by atoms with E-state index in [2.05, 4.69) is 47.7 Å². The Kier molecular flexibility index (Phi) is 10.5. The molecule has 8 nitrogen and oxygen atoms in total. The molecule has 1 aliphatic heterocycles. The average Bonchev–Trinajstić information content (AvgIpc) is 2.84. The van der Waals surface area contributed by atoms with Gasteiger partial charge in [-0.05, 0) is 61.3 Å². The van der Waals surface area contributed by atoms with Gasteiger partial charge in [0.05, 0.1) is 13.2 Å². The third kappa shape index (κ3) is 8.45. The van der Waals surface area contributed by atoms with Crippen LogP contribution in [0.15, 0.2) is 35.9 Å². The number of allylic oxidation sites excluding steroid dienone is 1. The van der Waals surface area contributed by atoms with Crippen molar-refractivity contribution in [2.75, 3.05) is 51.3 Å². The molecule has 3 amide bonds. The summed E-state index contributed by atoms with van der Waals surface area (Å²) < 4.78 is 5.37. The maximum atomic E-state index is 12.7. The van der Waals surface area contributed by atoms with E-state index in [9.17, 15) is 14.4 Å². The normalized spacial score (nSPS) is 22.6. The lowest BCUT2D eigenvalue weighted by Gasteiger charge is -2.37. The van der Waals surface area contributed by atoms with Gasteiger partial charge >= 0.3 is 0 Å². The molecular weight excluding hydrogens is 456 g/mol. The van der Waals surface area contributed by atoms with Gasteiger partial charge in [-0.25, -0.2) is 0 Å². The Morgan fingerprint density at radius 3 is 2.42 bits per heavy atom. The number of morpholine rings is 1. The topological polar surface area (TPSA) is 99.8 Å². The number of nitrogens with zero attached hydrogens (tertiary/aromatic N) is 1. The first-order valence-corrected chi connectivity index (χ1v) is 13.1. The van der Waals surface area contributed by atoms with E-state index in [1.807, 2.05) is 0 Å². The van der Waals surface area contributed by atoms with E-state index in [0.29, 0.717) is 42.6 Å². The number of hydrogen-bond donors (Lipinski definition) is 3. The van der Waals surface area contributed by atoms with E-state index >= 15 is 0 Å². The van der Waals surface area contributed by atoms with Crippen molar-refractivity contribution >= 4 is 23.4 Å². The molecule has 1 aromatic rings. The van der Waals surface area contributed by atoms with Gasteiger partial charge in [-0.2, -0.15) is 0 Å². The smallest absolute Gasteiger partial charge is 0.251 e. The van der Waals surface area contributed by atoms with Crippen molar-refractivity contribution in [3.63, 3.8) is 0 Å². The van der Waals surface area contributed by atoms with Crippen LogP contribution in [-0.4, -0.2) is 68.6 Å². The predicted octanol–water partition coefficient (Wildman–Crippen LogP) is 3.07. The Bertz CT molecular complexity index is 922. The summed E-state index contributed by atoms with van der Waals surface area (Å²) in [5.74, 6) is 1.14. The van der Waals surface area contributed by atoms with Crippen LogP contribution in [-0.2, 0) is 14.3 Å². The number of nitrogens with one attached hydrogen (secondary N) is 3. The zero-order valence-corrected chi connectivity index (χ0v) is 22.1. The van der Waals surface area contributed by atoms with Gasteiger partial charge in [-0.3, -0.25) is 19.3 Å². The summed E-state index contributed by atoms with van der Waals surface area (Å²) in [4.78, 5) is 38.9. The summed E-state index contributed by atoms with van der Waals surface area (Å²) in [6.07, 6.45) is 3.72. The minimum Gasteiger partial charge on any atom is -0.379 e. The van der Waals surface area contributed by atoms with Crippen molar-refractivity contribution in [2.24, 2.45) is 23.7 Å². The molecule has 3 atom stereocenters. The largest absolute Gasteiger partial charge is 0.379 e. The second kappa shape index (κ2) is 13.6. The maximum Gasteiger partial charge on any atom is 0.251 e. The SMILES string of the molecule is CC(=O)Nc1ccc(C(=O)NCC2C=C(C)C(CC(=O)NCCN3CCOCC3)CC2C(C)C)cc1. The zero-order chi connectivity index (χ0) is 26.1. The minimum absolute atomic E-state index is 0.109. The van der Waals surface area contributed by atoms with E-state index in [0.717, 1.165) is 39.3 Å². The molecule has 2 aliphatic rings. The Hall–Kier alpha value is -2.71. The molecule has 8 heteroatoms. The van der Waals surface area contributed by atoms with Crippen LogP contribution < -0.4 is 16.0 Å². The monoisotopic (exact) mass is 498 g/mol. The van der Waals surface area contributed by atoms with E-state index in [1.165, 1.54) is 12.5 Å². The summed E-state index contributed by atoms with van der Waals surface area (Å²) >= 11 is 0. The number of rotatable bonds is 10. The third-order valence-corrected chi connectivity index (χ3v) is 7.34. The Balaban J connectivity index is 1.50. The lowest BCUT2D eigenvalue weighted by molar-refractivity contribution is -0.122. The van der Waals surface area contributed by atoms with Crippen molar-refractivity contribution in [3.05, 3.63) is 41.5 Å². The van der Waals surface area contributed by atoms with Crippen LogP contribution in [0.25, 0.3) is 0 Å². The number of amides is 3. The predicted molar refractivity (Wildman–Crippen MR) is 142 cm³/mol. The highest BCUT2D eigenvalue weighted by Crippen LogP contribution is 2.38. The Morgan fingerprint density at radius 1 is 1.08 bits per heavy atom. The molecule has 3 N–H and O–H groups in total. The van der Waals surface area contributed by atoms with Gasteiger partial charge in [0.2, 0.25) is 11.8 Å². The van der Waals surface area contributed by atoms with Crippen molar-refractivity contribution in [2.45, 2.75) is 40.5 Å². The lowest BCUT2D eigenvalue weighted by Crippen LogP contribution is -2.42. The highest BCUT2D eigenvalue weighted by Gasteiger charge is 2.32. The molecule has 1 aliphatic carbocycles. The van der Waals surface area contributed by atoms with Gasteiger partial charge in [0.15, 0.2) is 0 Å². The molecule has 1 saturated heterocycles. The highest BCUT2D eigenvalue weighted by molar-refractivity contribution is 5.95. The molecule has 0 aromatic heterocycles. The maximum absolute atomic E-state index is 12.7. The molecule has 0 radical (unpaired) electrons. The lowest BCUT2D eigenvalue weighted by atomic mass is 9.69. The third-order valence-electron chi connectivity index (χ3n) is 7.34. The molecule has 0 spiro atoms. The van der Waals surface area contributed by atoms with Gasteiger partial charge in [0, 0.05) is 57.3 Å². The van der Waals surface area contributed by atoms with E-state index in [4.69, 9.17) is 4.74 Å². The van der Waals surface area contributed by atoms with Crippen LogP contribution >= 0.6 is 0 Å². The second-order valence-corrected chi connectivity index (χ2v) is 10.4. The molecule has 3 unspecified atom stereocenters. The average molecular weight is 499 g/mol. The van der Waals surface area contributed by atoms with Crippen molar-refractivity contribution in [3.8, 4) is 0 Å². The first-order valence-electron chi connectivity index (χ1n) is 13.1. The first kappa shape index (κ1) is 27.9. The minimum atomic E-state index is -0.143. The van der Waals surface area contributed by atoms with Crippen LogP contribution in [0, 0.1) is 23.7 Å². The summed E-state index contributed by atoms with van der Waals surface area (Å²) in [5, 5.41) is 8.89. The van der Waals surface area contributed by atoms with Crippen LogP contribution in [0.5, 0.6) is 0 Å². The molecule has 198 valence electrons. The fourth-order valence-corrected chi connectivity index (χ4v) is 5.20. The molecule has 1 aromatic carbocycles. The molecular formula is C28H42N4O4. The van der Waals surface area contributed by atoms with Gasteiger partial charge in [0.25, 0.3) is 5.91 Å². The number of ether oxygens (including phenoxy) is 1. The van der Waals surface area contributed by atoms with Crippen LogP contribution in [0.3, 0.4) is 0 Å². The van der Waals surface area contributed by atoms with Crippen LogP contribution in [0.2, 0.25) is 0 Å². The highest BCUT2D eigenvalue weighted by atomic mass is 16.5. The second-order valence-electron chi connectivity index (χ2n) is 10.4. The van der Waals surface area contributed by atoms with Gasteiger partial charge in [-0.15, -0.1) is 0 Å². The van der Waals surface area contributed by atoms with E-state index in [-0.39, 0.29) is 29.6 Å². The van der Waals surface area contributed by atoms with Crippen molar-refractivity contribution < 1.29 is 19.1 Å². The number of carbonyl (C=O) groups is 3. The summed E-state index contributed by atoms with van der Waals surface area (Å²) in [7, 11) is 0. The molecule has 36 heavy (non-hydrogen) atoms. The van der Waals surface area contributed by atoms with Crippen molar-refractivity contribution in [1.82, 2.24) is 15.5 Å². The Labute approximate surface area is 215 Å². The fraction of sp³-hybridized carbons (Fsp3) is 0.607. The zero-order valence-electron chi connectivity index (χ0n) is 22.1. The molecule has 1 fully saturated rings. The number of anilines is 1. The first-order chi connectivity index (χ1) is 17.2. The van der Waals surface area contributed by atoms with Crippen LogP contribution in [0.1, 0.15) is 50.9 Å². The van der Waals surface area contributed by atoms with E-state index < -0.39 is 0 Å². The summed E-state index contributed by atoms with van der Waals surface area (Å²) in [6.45, 7) is 13.5. The molecule has 1 heterocycles. The fourth-order valence-electron chi connectivity index (χ4n) is 5.20. The van der Waals surface area contributed by atoms with Gasteiger partial charge < -0.3 is 20.7 Å². The quantitative estimate of drug-likeness (QED) is 0.431. The summed E-state index contributed by atoms with van der Waals surface area (Å²) in [5.41, 5.74) is 2.46.